The molecule has 0 aliphatic carbocycles. The number of pyridine rings is 1. The number of nitrogens with zero attached hydrogens (tertiary/aromatic N) is 1. The molecule has 0 aliphatic rings. The Morgan fingerprint density at radius 2 is 1.50 bits per heavy atom. The lowest BCUT2D eigenvalue weighted by molar-refractivity contribution is 0.101. The van der Waals surface area contributed by atoms with Crippen LogP contribution < -0.4 is 10.6 Å². The van der Waals surface area contributed by atoms with Crippen LogP contribution >= 0.6 is 0 Å². The number of rotatable bonds is 4. The summed E-state index contributed by atoms with van der Waals surface area (Å²) >= 11 is 0. The third-order valence-corrected chi connectivity index (χ3v) is 4.03. The van der Waals surface area contributed by atoms with Crippen molar-refractivity contribution in [3.8, 4) is 0 Å². The zero-order valence-corrected chi connectivity index (χ0v) is 15.2. The van der Waals surface area contributed by atoms with E-state index in [9.17, 15) is 18.4 Å². The molecule has 1 heterocycles. The smallest absolute Gasteiger partial charge is 0.274 e. The lowest BCUT2D eigenvalue weighted by Crippen LogP contribution is -2.19. The number of aromatic nitrogens is 1. The molecule has 1 aromatic heterocycles. The maximum Gasteiger partial charge on any atom is 0.274 e. The fourth-order valence-corrected chi connectivity index (χ4v) is 2.51. The number of carbonyl (C=O) groups is 2. The van der Waals surface area contributed by atoms with Crippen LogP contribution in [-0.4, -0.2) is 16.8 Å². The van der Waals surface area contributed by atoms with E-state index < -0.39 is 23.4 Å². The van der Waals surface area contributed by atoms with Crippen molar-refractivity contribution in [2.45, 2.75) is 13.8 Å². The molecule has 28 heavy (non-hydrogen) atoms. The summed E-state index contributed by atoms with van der Waals surface area (Å²) in [6.07, 6.45) is 0. The summed E-state index contributed by atoms with van der Waals surface area (Å²) in [6.45, 7) is 3.78. The monoisotopic (exact) mass is 381 g/mol. The molecule has 2 aromatic carbocycles. The van der Waals surface area contributed by atoms with Crippen LogP contribution in [0.2, 0.25) is 0 Å². The van der Waals surface area contributed by atoms with Gasteiger partial charge >= 0.3 is 0 Å². The van der Waals surface area contributed by atoms with E-state index in [4.69, 9.17) is 0 Å². The third kappa shape index (κ3) is 4.37. The first-order valence-corrected chi connectivity index (χ1v) is 8.45. The number of carbonyl (C=O) groups excluding carboxylic acids is 2. The van der Waals surface area contributed by atoms with E-state index in [1.807, 2.05) is 32.0 Å². The molecular formula is C21H17F2N3O2. The maximum atomic E-state index is 13.3. The van der Waals surface area contributed by atoms with Gasteiger partial charge in [0.1, 0.15) is 11.4 Å². The second-order valence-electron chi connectivity index (χ2n) is 6.26. The first-order valence-electron chi connectivity index (χ1n) is 8.45. The predicted molar refractivity (Wildman–Crippen MR) is 102 cm³/mol. The van der Waals surface area contributed by atoms with Crippen molar-refractivity contribution >= 4 is 23.2 Å². The summed E-state index contributed by atoms with van der Waals surface area (Å²) in [7, 11) is 0. The first kappa shape index (κ1) is 19.2. The second kappa shape index (κ2) is 7.96. The Kier molecular flexibility index (Phi) is 5.44. The number of hydrogen-bond donors (Lipinski definition) is 2. The molecule has 0 aliphatic heterocycles. The fourth-order valence-electron chi connectivity index (χ4n) is 2.51. The van der Waals surface area contributed by atoms with Gasteiger partial charge in [0.2, 0.25) is 0 Å². The zero-order valence-electron chi connectivity index (χ0n) is 15.2. The molecule has 0 saturated carbocycles. The molecule has 0 unspecified atom stereocenters. The minimum atomic E-state index is -1.08. The number of amides is 2. The van der Waals surface area contributed by atoms with Crippen molar-refractivity contribution in [2.75, 3.05) is 10.6 Å². The van der Waals surface area contributed by atoms with E-state index in [2.05, 4.69) is 15.6 Å². The van der Waals surface area contributed by atoms with Gasteiger partial charge in [0, 0.05) is 17.4 Å². The Labute approximate surface area is 160 Å². The Morgan fingerprint density at radius 3 is 2.18 bits per heavy atom. The number of halogens is 2. The molecule has 0 spiro atoms. The lowest BCUT2D eigenvalue weighted by atomic mass is 10.1. The summed E-state index contributed by atoms with van der Waals surface area (Å²) in [5, 5.41) is 5.19. The Bertz CT molecular complexity index is 1070. The second-order valence-corrected chi connectivity index (χ2v) is 6.26. The van der Waals surface area contributed by atoms with Crippen molar-refractivity contribution < 1.29 is 18.4 Å². The molecule has 0 fully saturated rings. The quantitative estimate of drug-likeness (QED) is 0.700. The number of aryl methyl sites for hydroxylation is 2. The standard InChI is InChI=1S/C21H17F2N3O2/c1-12-6-7-13(2)19(10-12)26-21(28)18-5-3-4-17(25-18)20(27)24-14-8-9-15(22)16(23)11-14/h3-11H,1-2H3,(H,24,27)(H,26,28). The topological polar surface area (TPSA) is 71.1 Å². The highest BCUT2D eigenvalue weighted by molar-refractivity contribution is 6.06. The Hall–Kier alpha value is -3.61. The molecule has 0 bridgehead atoms. The molecule has 3 aromatic rings. The SMILES string of the molecule is Cc1ccc(C)c(NC(=O)c2cccc(C(=O)Nc3ccc(F)c(F)c3)n2)c1. The first-order chi connectivity index (χ1) is 13.3. The van der Waals surface area contributed by atoms with Gasteiger partial charge in [0.15, 0.2) is 11.6 Å². The van der Waals surface area contributed by atoms with Crippen LogP contribution in [0.25, 0.3) is 0 Å². The molecule has 0 atom stereocenters. The highest BCUT2D eigenvalue weighted by atomic mass is 19.2. The minimum absolute atomic E-state index is 0.0293. The summed E-state index contributed by atoms with van der Waals surface area (Å²) in [5.41, 5.74) is 2.65. The van der Waals surface area contributed by atoms with Gasteiger partial charge in [-0.2, -0.15) is 0 Å². The third-order valence-electron chi connectivity index (χ3n) is 4.03. The van der Waals surface area contributed by atoms with Gasteiger partial charge in [0.05, 0.1) is 0 Å². The van der Waals surface area contributed by atoms with Gasteiger partial charge < -0.3 is 10.6 Å². The van der Waals surface area contributed by atoms with Crippen LogP contribution in [0, 0.1) is 25.5 Å². The predicted octanol–water partition coefficient (Wildman–Crippen LogP) is 4.48. The highest BCUT2D eigenvalue weighted by Crippen LogP contribution is 2.18. The van der Waals surface area contributed by atoms with Crippen LogP contribution in [0.5, 0.6) is 0 Å². The largest absolute Gasteiger partial charge is 0.321 e. The van der Waals surface area contributed by atoms with Crippen LogP contribution in [0.15, 0.2) is 54.6 Å². The summed E-state index contributed by atoms with van der Waals surface area (Å²) in [4.78, 5) is 28.9. The van der Waals surface area contributed by atoms with E-state index in [0.717, 1.165) is 23.3 Å². The molecule has 2 amide bonds. The Morgan fingerprint density at radius 1 is 0.821 bits per heavy atom. The minimum Gasteiger partial charge on any atom is -0.321 e. The van der Waals surface area contributed by atoms with Gasteiger partial charge in [-0.3, -0.25) is 9.59 Å². The number of benzene rings is 2. The summed E-state index contributed by atoms with van der Waals surface area (Å²) in [6, 6.07) is 13.1. The summed E-state index contributed by atoms with van der Waals surface area (Å²) < 4.78 is 26.3. The number of nitrogens with one attached hydrogen (secondary N) is 2. The molecule has 0 radical (unpaired) electrons. The van der Waals surface area contributed by atoms with E-state index in [0.29, 0.717) is 5.69 Å². The van der Waals surface area contributed by atoms with Crippen molar-refractivity contribution in [3.63, 3.8) is 0 Å². The molecule has 0 saturated heterocycles. The molecule has 142 valence electrons. The number of anilines is 2. The fraction of sp³-hybridized carbons (Fsp3) is 0.0952. The molecule has 2 N–H and O–H groups in total. The normalized spacial score (nSPS) is 10.4. The average molecular weight is 381 g/mol. The van der Waals surface area contributed by atoms with Crippen LogP contribution in [0.4, 0.5) is 20.2 Å². The molecule has 5 nitrogen and oxygen atoms in total. The highest BCUT2D eigenvalue weighted by Gasteiger charge is 2.14. The molecule has 7 heteroatoms. The number of hydrogen-bond acceptors (Lipinski definition) is 3. The van der Waals surface area contributed by atoms with Crippen molar-refractivity contribution in [2.24, 2.45) is 0 Å². The van der Waals surface area contributed by atoms with Crippen molar-refractivity contribution in [1.82, 2.24) is 4.98 Å². The van der Waals surface area contributed by atoms with Crippen molar-refractivity contribution in [3.05, 3.63) is 88.7 Å². The lowest BCUT2D eigenvalue weighted by Gasteiger charge is -2.10. The zero-order chi connectivity index (χ0) is 20.3. The maximum absolute atomic E-state index is 13.3. The van der Waals surface area contributed by atoms with Gasteiger partial charge in [0.25, 0.3) is 11.8 Å². The Balaban J connectivity index is 1.77. The summed E-state index contributed by atoms with van der Waals surface area (Å²) in [5.74, 6) is -3.20. The van der Waals surface area contributed by atoms with E-state index in [-0.39, 0.29) is 17.1 Å². The van der Waals surface area contributed by atoms with E-state index >= 15 is 0 Å². The van der Waals surface area contributed by atoms with Gasteiger partial charge in [-0.15, -0.1) is 0 Å². The van der Waals surface area contributed by atoms with Gasteiger partial charge in [-0.05, 0) is 55.3 Å². The average Bonchev–Trinajstić information content (AvgIpc) is 2.67. The molecular weight excluding hydrogens is 364 g/mol. The van der Waals surface area contributed by atoms with Crippen molar-refractivity contribution in [1.29, 1.82) is 0 Å². The van der Waals surface area contributed by atoms with Crippen LogP contribution in [0.1, 0.15) is 32.1 Å². The van der Waals surface area contributed by atoms with E-state index in [1.54, 1.807) is 0 Å². The van der Waals surface area contributed by atoms with E-state index in [1.165, 1.54) is 24.3 Å². The van der Waals surface area contributed by atoms with Crippen LogP contribution in [0.3, 0.4) is 0 Å². The molecule has 3 rings (SSSR count). The van der Waals surface area contributed by atoms with Gasteiger partial charge in [-0.1, -0.05) is 18.2 Å². The van der Waals surface area contributed by atoms with Crippen LogP contribution in [-0.2, 0) is 0 Å². The van der Waals surface area contributed by atoms with Gasteiger partial charge in [-0.25, -0.2) is 13.8 Å².